The van der Waals surface area contributed by atoms with Gasteiger partial charge in [-0.3, -0.25) is 0 Å². The van der Waals surface area contributed by atoms with Gasteiger partial charge in [0.15, 0.2) is 0 Å². The molecule has 0 bridgehead atoms. The summed E-state index contributed by atoms with van der Waals surface area (Å²) in [4.78, 5) is 0. The van der Waals surface area contributed by atoms with Crippen LogP contribution in [0.25, 0.3) is 0 Å². The van der Waals surface area contributed by atoms with Crippen LogP contribution < -0.4 is 19.9 Å². The van der Waals surface area contributed by atoms with Gasteiger partial charge in [0.1, 0.15) is 23.0 Å². The maximum atomic E-state index is 12.2. The van der Waals surface area contributed by atoms with Crippen molar-refractivity contribution in [1.82, 2.24) is 0 Å². The Balaban J connectivity index is 0.00000312. The molecule has 0 fully saturated rings. The SMILES string of the molecule is COc1cc(O)c([C@@H](N)c2ccc(OC(F)(F)F)cc2)c(OC)c1.Cl. The third-order valence-corrected chi connectivity index (χ3v) is 3.33. The predicted octanol–water partition coefficient (Wildman–Crippen LogP) is 3.78. The number of nitrogens with two attached hydrogens (primary N) is 1. The zero-order valence-corrected chi connectivity index (χ0v) is 14.1. The first kappa shape index (κ1) is 20.7. The van der Waals surface area contributed by atoms with Crippen molar-refractivity contribution in [3.63, 3.8) is 0 Å². The van der Waals surface area contributed by atoms with Crippen LogP contribution in [0.15, 0.2) is 36.4 Å². The van der Waals surface area contributed by atoms with Crippen molar-refractivity contribution in [2.75, 3.05) is 14.2 Å². The zero-order valence-electron chi connectivity index (χ0n) is 13.3. The Morgan fingerprint density at radius 1 is 1.00 bits per heavy atom. The van der Waals surface area contributed by atoms with E-state index < -0.39 is 12.4 Å². The molecule has 3 N–H and O–H groups in total. The summed E-state index contributed by atoms with van der Waals surface area (Å²) in [5.41, 5.74) is 6.89. The molecule has 138 valence electrons. The van der Waals surface area contributed by atoms with E-state index in [0.717, 1.165) is 12.1 Å². The molecule has 0 aliphatic carbocycles. The quantitative estimate of drug-likeness (QED) is 0.827. The van der Waals surface area contributed by atoms with Gasteiger partial charge in [0, 0.05) is 12.1 Å². The number of hydrogen-bond acceptors (Lipinski definition) is 5. The Bertz CT molecular complexity index is 708. The van der Waals surface area contributed by atoms with Crippen LogP contribution in [0.2, 0.25) is 0 Å². The third kappa shape index (κ3) is 5.07. The van der Waals surface area contributed by atoms with E-state index in [-0.39, 0.29) is 23.9 Å². The summed E-state index contributed by atoms with van der Waals surface area (Å²) in [5.74, 6) is 0.183. The fourth-order valence-corrected chi connectivity index (χ4v) is 2.23. The van der Waals surface area contributed by atoms with Crippen molar-refractivity contribution in [2.24, 2.45) is 5.73 Å². The van der Waals surface area contributed by atoms with E-state index in [2.05, 4.69) is 4.74 Å². The standard InChI is InChI=1S/C16H16F3NO4.ClH/c1-22-11-7-12(21)14(13(8-11)23-2)15(20)9-3-5-10(6-4-9)24-16(17,18)19;/h3-8,15,21H,20H2,1-2H3;1H/t15-;/m0./s1. The van der Waals surface area contributed by atoms with Gasteiger partial charge in [0.05, 0.1) is 25.8 Å². The highest BCUT2D eigenvalue weighted by atomic mass is 35.5. The Morgan fingerprint density at radius 3 is 2.08 bits per heavy atom. The zero-order chi connectivity index (χ0) is 17.9. The van der Waals surface area contributed by atoms with Gasteiger partial charge in [-0.25, -0.2) is 0 Å². The molecule has 9 heteroatoms. The molecule has 1 atom stereocenters. The van der Waals surface area contributed by atoms with E-state index in [1.54, 1.807) is 6.07 Å². The number of benzene rings is 2. The van der Waals surface area contributed by atoms with Crippen molar-refractivity contribution in [3.8, 4) is 23.0 Å². The van der Waals surface area contributed by atoms with Crippen molar-refractivity contribution in [1.29, 1.82) is 0 Å². The molecule has 0 unspecified atom stereocenters. The van der Waals surface area contributed by atoms with Crippen molar-refractivity contribution >= 4 is 12.4 Å². The highest BCUT2D eigenvalue weighted by Crippen LogP contribution is 2.39. The highest BCUT2D eigenvalue weighted by Gasteiger charge is 2.31. The number of phenols is 1. The number of aromatic hydroxyl groups is 1. The maximum Gasteiger partial charge on any atom is 0.573 e. The number of hydrogen-bond donors (Lipinski definition) is 2. The number of rotatable bonds is 5. The number of methoxy groups -OCH3 is 2. The molecular formula is C16H17ClF3NO4. The van der Waals surface area contributed by atoms with Crippen LogP contribution in [0.5, 0.6) is 23.0 Å². The van der Waals surface area contributed by atoms with E-state index in [0.29, 0.717) is 22.6 Å². The van der Waals surface area contributed by atoms with Gasteiger partial charge in [0.2, 0.25) is 0 Å². The molecule has 2 aromatic rings. The Labute approximate surface area is 148 Å². The van der Waals surface area contributed by atoms with Gasteiger partial charge in [-0.2, -0.15) is 0 Å². The van der Waals surface area contributed by atoms with Crippen molar-refractivity contribution < 1.29 is 32.5 Å². The second-order valence-electron chi connectivity index (χ2n) is 4.86. The smallest absolute Gasteiger partial charge is 0.507 e. The molecule has 0 spiro atoms. The highest BCUT2D eigenvalue weighted by molar-refractivity contribution is 5.85. The molecule has 2 rings (SSSR count). The lowest BCUT2D eigenvalue weighted by atomic mass is 9.97. The number of ether oxygens (including phenoxy) is 3. The van der Waals surface area contributed by atoms with Crippen LogP contribution in [-0.2, 0) is 0 Å². The van der Waals surface area contributed by atoms with E-state index in [4.69, 9.17) is 15.2 Å². The molecule has 0 radical (unpaired) electrons. The fraction of sp³-hybridized carbons (Fsp3) is 0.250. The summed E-state index contributed by atoms with van der Waals surface area (Å²) in [7, 11) is 2.85. The van der Waals surface area contributed by atoms with E-state index in [9.17, 15) is 18.3 Å². The van der Waals surface area contributed by atoms with Gasteiger partial charge >= 0.3 is 6.36 Å². The van der Waals surface area contributed by atoms with Gasteiger partial charge in [-0.05, 0) is 17.7 Å². The van der Waals surface area contributed by atoms with Crippen LogP contribution in [0.4, 0.5) is 13.2 Å². The topological polar surface area (TPSA) is 73.9 Å². The molecule has 0 saturated carbocycles. The summed E-state index contributed by atoms with van der Waals surface area (Å²) in [6.07, 6.45) is -4.76. The van der Waals surface area contributed by atoms with Crippen molar-refractivity contribution in [3.05, 3.63) is 47.5 Å². The van der Waals surface area contributed by atoms with Crippen LogP contribution in [0, 0.1) is 0 Å². The average Bonchev–Trinajstić information content (AvgIpc) is 2.52. The minimum atomic E-state index is -4.76. The summed E-state index contributed by atoms with van der Waals surface area (Å²) >= 11 is 0. The predicted molar refractivity (Wildman–Crippen MR) is 87.6 cm³/mol. The molecular weight excluding hydrogens is 363 g/mol. The fourth-order valence-electron chi connectivity index (χ4n) is 2.23. The molecule has 2 aromatic carbocycles. The first-order chi connectivity index (χ1) is 11.2. The molecule has 0 saturated heterocycles. The van der Waals surface area contributed by atoms with Gasteiger partial charge in [-0.1, -0.05) is 12.1 Å². The van der Waals surface area contributed by atoms with Crippen LogP contribution in [0.1, 0.15) is 17.2 Å². The molecule has 0 aliphatic rings. The molecule has 25 heavy (non-hydrogen) atoms. The summed E-state index contributed by atoms with van der Waals surface area (Å²) in [6, 6.07) is 7.18. The second kappa shape index (κ2) is 8.17. The molecule has 0 aromatic heterocycles. The second-order valence-corrected chi connectivity index (χ2v) is 4.86. The Kier molecular flexibility index (Phi) is 6.78. The van der Waals surface area contributed by atoms with Gasteiger partial charge in [0.25, 0.3) is 0 Å². The van der Waals surface area contributed by atoms with Crippen molar-refractivity contribution in [2.45, 2.75) is 12.4 Å². The first-order valence-corrected chi connectivity index (χ1v) is 6.81. The molecule has 0 heterocycles. The minimum absolute atomic E-state index is 0. The number of alkyl halides is 3. The van der Waals surface area contributed by atoms with Gasteiger partial charge < -0.3 is 25.1 Å². The van der Waals surface area contributed by atoms with Gasteiger partial charge in [-0.15, -0.1) is 25.6 Å². The largest absolute Gasteiger partial charge is 0.573 e. The van der Waals surface area contributed by atoms with E-state index >= 15 is 0 Å². The van der Waals surface area contributed by atoms with E-state index in [1.807, 2.05) is 0 Å². The first-order valence-electron chi connectivity index (χ1n) is 6.81. The third-order valence-electron chi connectivity index (χ3n) is 3.33. The van der Waals surface area contributed by atoms with Crippen LogP contribution in [-0.4, -0.2) is 25.7 Å². The molecule has 0 amide bonds. The van der Waals surface area contributed by atoms with Crippen LogP contribution in [0.3, 0.4) is 0 Å². The summed E-state index contributed by atoms with van der Waals surface area (Å²) in [5, 5.41) is 10.2. The lowest BCUT2D eigenvalue weighted by Gasteiger charge is -2.19. The minimum Gasteiger partial charge on any atom is -0.507 e. The lowest BCUT2D eigenvalue weighted by molar-refractivity contribution is -0.274. The average molecular weight is 380 g/mol. The maximum absolute atomic E-state index is 12.2. The molecule has 0 aliphatic heterocycles. The normalized spacial score (nSPS) is 12.1. The summed E-state index contributed by atoms with van der Waals surface area (Å²) in [6.45, 7) is 0. The van der Waals surface area contributed by atoms with E-state index in [1.165, 1.54) is 32.4 Å². The monoisotopic (exact) mass is 379 g/mol. The molecule has 5 nitrogen and oxygen atoms in total. The Hall–Kier alpha value is -2.32. The number of phenolic OH excluding ortho intramolecular Hbond substituents is 1. The number of halogens is 4. The lowest BCUT2D eigenvalue weighted by Crippen LogP contribution is -2.17. The summed E-state index contributed by atoms with van der Waals surface area (Å²) < 4.78 is 50.6. The van der Waals surface area contributed by atoms with Crippen LogP contribution >= 0.6 is 12.4 Å². The Morgan fingerprint density at radius 2 is 1.60 bits per heavy atom.